The van der Waals surface area contributed by atoms with Gasteiger partial charge in [0.1, 0.15) is 0 Å². The Hall–Kier alpha value is -2.09. The van der Waals surface area contributed by atoms with Gasteiger partial charge in [-0.1, -0.05) is 6.07 Å². The van der Waals surface area contributed by atoms with Gasteiger partial charge in [0.05, 0.1) is 6.42 Å². The number of thiophene rings is 1. The number of piperazine rings is 1. The molecule has 0 unspecified atom stereocenters. The normalized spacial score (nSPS) is 22.4. The predicted molar refractivity (Wildman–Crippen MR) is 117 cm³/mol. The highest BCUT2D eigenvalue weighted by atomic mass is 32.1. The highest BCUT2D eigenvalue weighted by Crippen LogP contribution is 2.33. The molecule has 0 N–H and O–H groups in total. The Morgan fingerprint density at radius 2 is 1.90 bits per heavy atom. The first-order valence-electron chi connectivity index (χ1n) is 10.9. The van der Waals surface area contributed by atoms with E-state index < -0.39 is 0 Å². The van der Waals surface area contributed by atoms with Gasteiger partial charge < -0.3 is 14.4 Å². The number of hydrogen-bond donors (Lipinski definition) is 0. The standard InChI is InChI=1S/C23H29N3O3S/c27-23(13-19-5-11-30-16-19)26-6-1-2-20(15-26)25-9-7-24(8-10-25)14-18-3-4-21-22(12-18)29-17-28-21/h3-5,11-12,16,20H,1-2,6-10,13-15,17H2/t20-/m0/s1. The molecule has 30 heavy (non-hydrogen) atoms. The van der Waals surface area contributed by atoms with Crippen molar-refractivity contribution in [3.05, 3.63) is 46.2 Å². The SMILES string of the molecule is O=C(Cc1ccsc1)N1CCC[C@H](N2CCN(Cc3ccc4c(c3)OCO4)CC2)C1. The second-order valence-electron chi connectivity index (χ2n) is 8.44. The van der Waals surface area contributed by atoms with Crippen molar-refractivity contribution in [2.45, 2.75) is 31.8 Å². The lowest BCUT2D eigenvalue weighted by Gasteiger charge is -2.43. The Kier molecular flexibility index (Phi) is 5.93. The monoisotopic (exact) mass is 427 g/mol. The first-order chi connectivity index (χ1) is 14.7. The van der Waals surface area contributed by atoms with Gasteiger partial charge in [0.25, 0.3) is 0 Å². The van der Waals surface area contributed by atoms with Crippen LogP contribution in [0.1, 0.15) is 24.0 Å². The third kappa shape index (κ3) is 4.48. The fourth-order valence-corrected chi connectivity index (χ4v) is 5.41. The number of nitrogens with zero attached hydrogens (tertiary/aromatic N) is 3. The molecule has 3 aliphatic rings. The molecule has 0 saturated carbocycles. The van der Waals surface area contributed by atoms with Crippen LogP contribution >= 0.6 is 11.3 Å². The molecule has 160 valence electrons. The van der Waals surface area contributed by atoms with Crippen molar-refractivity contribution >= 4 is 17.2 Å². The number of hydrogen-bond acceptors (Lipinski definition) is 6. The zero-order chi connectivity index (χ0) is 20.3. The van der Waals surface area contributed by atoms with Gasteiger partial charge in [-0.05, 0) is 52.9 Å². The van der Waals surface area contributed by atoms with Crippen molar-refractivity contribution in [3.8, 4) is 11.5 Å². The van der Waals surface area contributed by atoms with E-state index in [1.54, 1.807) is 11.3 Å². The highest BCUT2D eigenvalue weighted by Gasteiger charge is 2.30. The number of carbonyl (C=O) groups is 1. The minimum Gasteiger partial charge on any atom is -0.454 e. The van der Waals surface area contributed by atoms with E-state index in [0.717, 1.165) is 69.3 Å². The Bertz CT molecular complexity index is 865. The Balaban J connectivity index is 1.11. The van der Waals surface area contributed by atoms with Crippen molar-refractivity contribution in [1.29, 1.82) is 0 Å². The summed E-state index contributed by atoms with van der Waals surface area (Å²) in [5.41, 5.74) is 2.42. The van der Waals surface area contributed by atoms with Crippen LogP contribution < -0.4 is 9.47 Å². The zero-order valence-corrected chi connectivity index (χ0v) is 18.1. The largest absolute Gasteiger partial charge is 0.454 e. The number of piperidine rings is 1. The zero-order valence-electron chi connectivity index (χ0n) is 17.3. The average Bonchev–Trinajstić information content (AvgIpc) is 3.46. The minimum atomic E-state index is 0.277. The van der Waals surface area contributed by atoms with Crippen LogP contribution in [0.2, 0.25) is 0 Å². The summed E-state index contributed by atoms with van der Waals surface area (Å²) >= 11 is 1.66. The summed E-state index contributed by atoms with van der Waals surface area (Å²) in [6.45, 7) is 7.33. The first-order valence-corrected chi connectivity index (χ1v) is 11.8. The van der Waals surface area contributed by atoms with Crippen molar-refractivity contribution in [2.75, 3.05) is 46.1 Å². The first kappa shape index (κ1) is 19.8. The van der Waals surface area contributed by atoms with Gasteiger partial charge in [-0.3, -0.25) is 14.6 Å². The van der Waals surface area contributed by atoms with Gasteiger partial charge in [0.15, 0.2) is 11.5 Å². The summed E-state index contributed by atoms with van der Waals surface area (Å²) in [6, 6.07) is 8.81. The molecule has 4 heterocycles. The maximum atomic E-state index is 12.7. The van der Waals surface area contributed by atoms with E-state index in [1.807, 2.05) is 11.4 Å². The smallest absolute Gasteiger partial charge is 0.231 e. The van der Waals surface area contributed by atoms with E-state index in [9.17, 15) is 4.79 Å². The second-order valence-corrected chi connectivity index (χ2v) is 9.22. The molecule has 1 atom stereocenters. The number of fused-ring (bicyclic) bond motifs is 1. The van der Waals surface area contributed by atoms with Gasteiger partial charge in [-0.25, -0.2) is 0 Å². The third-order valence-electron chi connectivity index (χ3n) is 6.45. The van der Waals surface area contributed by atoms with Crippen LogP contribution in [0.25, 0.3) is 0 Å². The van der Waals surface area contributed by atoms with E-state index >= 15 is 0 Å². The Morgan fingerprint density at radius 1 is 1.03 bits per heavy atom. The molecular weight excluding hydrogens is 398 g/mol. The van der Waals surface area contributed by atoms with E-state index in [1.165, 1.54) is 12.0 Å². The topological polar surface area (TPSA) is 45.3 Å². The summed E-state index contributed by atoms with van der Waals surface area (Å²) < 4.78 is 10.9. The van der Waals surface area contributed by atoms with E-state index in [2.05, 4.69) is 38.3 Å². The molecular formula is C23H29N3O3S. The van der Waals surface area contributed by atoms with Crippen LogP contribution in [0.5, 0.6) is 11.5 Å². The summed E-state index contributed by atoms with van der Waals surface area (Å²) in [7, 11) is 0. The van der Waals surface area contributed by atoms with Gasteiger partial charge in [-0.2, -0.15) is 11.3 Å². The molecule has 6 nitrogen and oxygen atoms in total. The van der Waals surface area contributed by atoms with Gasteiger partial charge >= 0.3 is 0 Å². The number of carbonyl (C=O) groups excluding carboxylic acids is 1. The van der Waals surface area contributed by atoms with Gasteiger partial charge in [0, 0.05) is 51.9 Å². The summed E-state index contributed by atoms with van der Waals surface area (Å²) in [6.07, 6.45) is 2.85. The molecule has 2 saturated heterocycles. The van der Waals surface area contributed by atoms with Crippen molar-refractivity contribution in [2.24, 2.45) is 0 Å². The summed E-state index contributed by atoms with van der Waals surface area (Å²) in [5, 5.41) is 4.13. The van der Waals surface area contributed by atoms with Gasteiger partial charge in [0.2, 0.25) is 12.7 Å². The molecule has 7 heteroatoms. The molecule has 0 radical (unpaired) electrons. The second kappa shape index (κ2) is 8.96. The summed E-state index contributed by atoms with van der Waals surface area (Å²) in [5.74, 6) is 1.99. The Morgan fingerprint density at radius 3 is 2.73 bits per heavy atom. The number of ether oxygens (including phenoxy) is 2. The molecule has 5 rings (SSSR count). The lowest BCUT2D eigenvalue weighted by molar-refractivity contribution is -0.132. The number of amides is 1. The van der Waals surface area contributed by atoms with Crippen LogP contribution in [0.3, 0.4) is 0 Å². The summed E-state index contributed by atoms with van der Waals surface area (Å²) in [4.78, 5) is 19.9. The van der Waals surface area contributed by atoms with Gasteiger partial charge in [-0.15, -0.1) is 0 Å². The molecule has 0 aliphatic carbocycles. The van der Waals surface area contributed by atoms with E-state index in [0.29, 0.717) is 19.3 Å². The molecule has 3 aliphatic heterocycles. The average molecular weight is 428 g/mol. The fraction of sp³-hybridized carbons (Fsp3) is 0.522. The van der Waals surface area contributed by atoms with E-state index in [4.69, 9.17) is 9.47 Å². The van der Waals surface area contributed by atoms with Crippen LogP contribution in [0, 0.1) is 0 Å². The highest BCUT2D eigenvalue weighted by molar-refractivity contribution is 7.08. The number of benzene rings is 1. The minimum absolute atomic E-state index is 0.277. The maximum Gasteiger partial charge on any atom is 0.231 e. The van der Waals surface area contributed by atoms with Crippen LogP contribution in [0.15, 0.2) is 35.0 Å². The fourth-order valence-electron chi connectivity index (χ4n) is 4.74. The quantitative estimate of drug-likeness (QED) is 0.734. The number of likely N-dealkylation sites (tertiary alicyclic amines) is 1. The van der Waals surface area contributed by atoms with E-state index in [-0.39, 0.29) is 5.91 Å². The van der Waals surface area contributed by atoms with Crippen LogP contribution in [0.4, 0.5) is 0 Å². The molecule has 1 aromatic carbocycles. The maximum absolute atomic E-state index is 12.7. The molecule has 2 fully saturated rings. The molecule has 0 spiro atoms. The van der Waals surface area contributed by atoms with Crippen LogP contribution in [-0.4, -0.2) is 72.7 Å². The van der Waals surface area contributed by atoms with Crippen LogP contribution in [-0.2, 0) is 17.8 Å². The molecule has 0 bridgehead atoms. The Labute approximate surface area is 182 Å². The molecule has 1 amide bonds. The van der Waals surface area contributed by atoms with Crippen molar-refractivity contribution < 1.29 is 14.3 Å². The number of rotatable bonds is 5. The molecule has 2 aromatic rings. The van der Waals surface area contributed by atoms with Crippen molar-refractivity contribution in [1.82, 2.24) is 14.7 Å². The lowest BCUT2D eigenvalue weighted by atomic mass is 10.0. The lowest BCUT2D eigenvalue weighted by Crippen LogP contribution is -2.55. The predicted octanol–water partition coefficient (Wildman–Crippen LogP) is 2.83. The third-order valence-corrected chi connectivity index (χ3v) is 7.18. The molecule has 1 aromatic heterocycles. The van der Waals surface area contributed by atoms with Crippen molar-refractivity contribution in [3.63, 3.8) is 0 Å².